The first-order chi connectivity index (χ1) is 8.66. The normalized spacial score (nSPS) is 12.1. The highest BCUT2D eigenvalue weighted by atomic mass is 79.9. The fraction of sp³-hybridized carbons (Fsp3) is 0.214. The van der Waals surface area contributed by atoms with E-state index in [0.29, 0.717) is 6.54 Å². The van der Waals surface area contributed by atoms with Crippen LogP contribution in [0.1, 0.15) is 23.3 Å². The van der Waals surface area contributed by atoms with Gasteiger partial charge in [-0.15, -0.1) is 11.3 Å². The third kappa shape index (κ3) is 3.43. The predicted molar refractivity (Wildman–Crippen MR) is 78.7 cm³/mol. The van der Waals surface area contributed by atoms with Crippen molar-refractivity contribution in [3.63, 3.8) is 0 Å². The maximum absolute atomic E-state index is 12.0. The van der Waals surface area contributed by atoms with Crippen LogP contribution in [0.3, 0.4) is 0 Å². The molecule has 18 heavy (non-hydrogen) atoms. The van der Waals surface area contributed by atoms with Gasteiger partial charge in [0, 0.05) is 4.88 Å². The highest BCUT2D eigenvalue weighted by Gasteiger charge is 2.14. The number of thiophene rings is 1. The third-order valence-corrected chi connectivity index (χ3v) is 4.38. The van der Waals surface area contributed by atoms with Crippen molar-refractivity contribution in [3.8, 4) is 0 Å². The molecule has 1 amide bonds. The Morgan fingerprint density at radius 1 is 1.28 bits per heavy atom. The topological polar surface area (TPSA) is 29.1 Å². The monoisotopic (exact) mass is 323 g/mol. The summed E-state index contributed by atoms with van der Waals surface area (Å²) in [4.78, 5) is 13.2. The zero-order valence-corrected chi connectivity index (χ0v) is 12.4. The Hall–Kier alpha value is -1.13. The van der Waals surface area contributed by atoms with Gasteiger partial charge in [0.25, 0.3) is 0 Å². The zero-order chi connectivity index (χ0) is 13.0. The van der Waals surface area contributed by atoms with Gasteiger partial charge in [0.05, 0.1) is 16.2 Å². The first kappa shape index (κ1) is 13.3. The minimum absolute atomic E-state index is 0.0609. The number of rotatable bonds is 4. The Labute approximate surface area is 119 Å². The second kappa shape index (κ2) is 6.16. The molecule has 1 unspecified atom stereocenters. The molecule has 4 heteroatoms. The van der Waals surface area contributed by atoms with E-state index in [4.69, 9.17) is 0 Å². The molecule has 0 radical (unpaired) electrons. The summed E-state index contributed by atoms with van der Waals surface area (Å²) >= 11 is 5.05. The average Bonchev–Trinajstić information content (AvgIpc) is 2.82. The number of carbonyl (C=O) groups excluding carboxylic acids is 1. The smallest absolute Gasteiger partial charge is 0.227 e. The molecule has 0 aliphatic rings. The first-order valence-electron chi connectivity index (χ1n) is 5.73. The van der Waals surface area contributed by atoms with Crippen molar-refractivity contribution in [2.75, 3.05) is 0 Å². The summed E-state index contributed by atoms with van der Waals surface area (Å²) in [5.74, 6) is -0.0553. The SMILES string of the molecule is CC(C(=O)NCc1ccc(Br)s1)c1ccccc1. The Morgan fingerprint density at radius 3 is 2.61 bits per heavy atom. The number of benzene rings is 1. The summed E-state index contributed by atoms with van der Waals surface area (Å²) in [5, 5.41) is 2.96. The van der Waals surface area contributed by atoms with Gasteiger partial charge in [-0.2, -0.15) is 0 Å². The van der Waals surface area contributed by atoms with Crippen LogP contribution in [0.25, 0.3) is 0 Å². The van der Waals surface area contributed by atoms with Crippen molar-refractivity contribution in [3.05, 3.63) is 56.7 Å². The Kier molecular flexibility index (Phi) is 4.55. The number of hydrogen-bond acceptors (Lipinski definition) is 2. The summed E-state index contributed by atoms with van der Waals surface area (Å²) in [6, 6.07) is 13.8. The van der Waals surface area contributed by atoms with Crippen LogP contribution in [-0.2, 0) is 11.3 Å². The molecule has 0 saturated carbocycles. The standard InChI is InChI=1S/C14H14BrNOS/c1-10(11-5-3-2-4-6-11)14(17)16-9-12-7-8-13(15)18-12/h2-8,10H,9H2,1H3,(H,16,17). The molecule has 1 N–H and O–H groups in total. The lowest BCUT2D eigenvalue weighted by Gasteiger charge is -2.11. The molecule has 1 aromatic carbocycles. The molecule has 1 heterocycles. The summed E-state index contributed by atoms with van der Waals surface area (Å²) in [6.07, 6.45) is 0. The van der Waals surface area contributed by atoms with E-state index in [0.717, 1.165) is 14.2 Å². The number of halogens is 1. The molecule has 0 saturated heterocycles. The van der Waals surface area contributed by atoms with Crippen molar-refractivity contribution in [1.82, 2.24) is 5.32 Å². The van der Waals surface area contributed by atoms with Gasteiger partial charge < -0.3 is 5.32 Å². The lowest BCUT2D eigenvalue weighted by Crippen LogP contribution is -2.27. The summed E-state index contributed by atoms with van der Waals surface area (Å²) in [5.41, 5.74) is 1.04. The van der Waals surface area contributed by atoms with Crippen LogP contribution in [-0.4, -0.2) is 5.91 Å². The van der Waals surface area contributed by atoms with Crippen LogP contribution in [0.15, 0.2) is 46.3 Å². The van der Waals surface area contributed by atoms with Gasteiger partial charge in [-0.1, -0.05) is 30.3 Å². The molecule has 0 aliphatic carbocycles. The molecule has 1 atom stereocenters. The second-order valence-electron chi connectivity index (χ2n) is 4.06. The Morgan fingerprint density at radius 2 is 2.00 bits per heavy atom. The van der Waals surface area contributed by atoms with Gasteiger partial charge in [0.15, 0.2) is 0 Å². The molecule has 2 rings (SSSR count). The molecule has 94 valence electrons. The highest BCUT2D eigenvalue weighted by molar-refractivity contribution is 9.11. The lowest BCUT2D eigenvalue weighted by molar-refractivity contribution is -0.122. The Bertz CT molecular complexity index is 524. The van der Waals surface area contributed by atoms with Crippen LogP contribution < -0.4 is 5.32 Å². The quantitative estimate of drug-likeness (QED) is 0.907. The summed E-state index contributed by atoms with van der Waals surface area (Å²) < 4.78 is 1.09. The maximum atomic E-state index is 12.0. The number of amides is 1. The number of nitrogens with one attached hydrogen (secondary N) is 1. The van der Waals surface area contributed by atoms with Crippen LogP contribution in [0, 0.1) is 0 Å². The molecule has 2 nitrogen and oxygen atoms in total. The van der Waals surface area contributed by atoms with Gasteiger partial charge in [0.2, 0.25) is 5.91 Å². The minimum Gasteiger partial charge on any atom is -0.351 e. The van der Waals surface area contributed by atoms with E-state index in [1.54, 1.807) is 11.3 Å². The fourth-order valence-electron chi connectivity index (χ4n) is 1.67. The number of hydrogen-bond donors (Lipinski definition) is 1. The molecule has 1 aromatic heterocycles. The van der Waals surface area contributed by atoms with Gasteiger partial charge in [0.1, 0.15) is 0 Å². The molecule has 0 fully saturated rings. The van der Waals surface area contributed by atoms with Crippen LogP contribution in [0.5, 0.6) is 0 Å². The highest BCUT2D eigenvalue weighted by Crippen LogP contribution is 2.22. The van der Waals surface area contributed by atoms with E-state index in [9.17, 15) is 4.79 Å². The maximum Gasteiger partial charge on any atom is 0.227 e. The molecular formula is C14H14BrNOS. The largest absolute Gasteiger partial charge is 0.351 e. The third-order valence-electron chi connectivity index (χ3n) is 2.76. The second-order valence-corrected chi connectivity index (χ2v) is 6.60. The molecule has 0 spiro atoms. The van der Waals surface area contributed by atoms with E-state index in [2.05, 4.69) is 21.2 Å². The van der Waals surface area contributed by atoms with Crippen molar-refractivity contribution >= 4 is 33.2 Å². The van der Waals surface area contributed by atoms with Crippen molar-refractivity contribution in [1.29, 1.82) is 0 Å². The average molecular weight is 324 g/mol. The molecule has 0 bridgehead atoms. The molecule has 2 aromatic rings. The minimum atomic E-state index is -0.116. The van der Waals surface area contributed by atoms with E-state index < -0.39 is 0 Å². The van der Waals surface area contributed by atoms with Crippen molar-refractivity contribution < 1.29 is 4.79 Å². The fourth-order valence-corrected chi connectivity index (χ4v) is 3.09. The van der Waals surface area contributed by atoms with Gasteiger partial charge in [-0.3, -0.25) is 4.79 Å². The lowest BCUT2D eigenvalue weighted by atomic mass is 10.0. The van der Waals surface area contributed by atoms with Gasteiger partial charge in [-0.05, 0) is 40.5 Å². The predicted octanol–water partition coefficient (Wildman–Crippen LogP) is 3.93. The first-order valence-corrected chi connectivity index (χ1v) is 7.34. The van der Waals surface area contributed by atoms with Gasteiger partial charge in [-0.25, -0.2) is 0 Å². The van der Waals surface area contributed by atoms with Crippen LogP contribution in [0.2, 0.25) is 0 Å². The molecule has 0 aliphatic heterocycles. The summed E-state index contributed by atoms with van der Waals surface area (Å²) in [6.45, 7) is 2.52. The van der Waals surface area contributed by atoms with Gasteiger partial charge >= 0.3 is 0 Å². The van der Waals surface area contributed by atoms with Crippen molar-refractivity contribution in [2.45, 2.75) is 19.4 Å². The summed E-state index contributed by atoms with van der Waals surface area (Å²) in [7, 11) is 0. The number of carbonyl (C=O) groups is 1. The van der Waals surface area contributed by atoms with E-state index in [1.165, 1.54) is 0 Å². The van der Waals surface area contributed by atoms with Crippen molar-refractivity contribution in [2.24, 2.45) is 0 Å². The zero-order valence-electron chi connectivity index (χ0n) is 10.0. The Balaban J connectivity index is 1.92. The molecular weight excluding hydrogens is 310 g/mol. The van der Waals surface area contributed by atoms with Crippen LogP contribution >= 0.6 is 27.3 Å². The van der Waals surface area contributed by atoms with Crippen LogP contribution in [0.4, 0.5) is 0 Å². The van der Waals surface area contributed by atoms with E-state index >= 15 is 0 Å². The van der Waals surface area contributed by atoms with E-state index in [1.807, 2.05) is 49.4 Å². The van der Waals surface area contributed by atoms with E-state index in [-0.39, 0.29) is 11.8 Å².